The SMILES string of the molecule is C=Cc1ccccc1OCCOCc1c(-c2ncc3n[nH]c(Br)c3n2)cnn1C. The summed E-state index contributed by atoms with van der Waals surface area (Å²) in [7, 11) is 1.87. The molecule has 8 nitrogen and oxygen atoms in total. The number of H-pyrrole nitrogens is 1. The van der Waals surface area contributed by atoms with E-state index in [4.69, 9.17) is 9.47 Å². The number of nitrogens with zero attached hydrogens (tertiary/aromatic N) is 5. The van der Waals surface area contributed by atoms with E-state index in [0.717, 1.165) is 32.7 Å². The Balaban J connectivity index is 1.41. The highest BCUT2D eigenvalue weighted by atomic mass is 79.9. The van der Waals surface area contributed by atoms with Crippen LogP contribution in [0.3, 0.4) is 0 Å². The Labute approximate surface area is 175 Å². The topological polar surface area (TPSA) is 90.7 Å². The molecule has 148 valence electrons. The van der Waals surface area contributed by atoms with Crippen LogP contribution in [0.5, 0.6) is 5.75 Å². The Morgan fingerprint density at radius 1 is 1.24 bits per heavy atom. The molecule has 0 aliphatic heterocycles. The average Bonchev–Trinajstić information content (AvgIpc) is 3.30. The maximum Gasteiger partial charge on any atom is 0.163 e. The zero-order chi connectivity index (χ0) is 20.2. The number of para-hydroxylation sites is 1. The number of halogens is 1. The summed E-state index contributed by atoms with van der Waals surface area (Å²) >= 11 is 3.41. The van der Waals surface area contributed by atoms with E-state index >= 15 is 0 Å². The minimum absolute atomic E-state index is 0.367. The molecule has 0 fully saturated rings. The smallest absolute Gasteiger partial charge is 0.163 e. The van der Waals surface area contributed by atoms with Gasteiger partial charge in [0.05, 0.1) is 36.9 Å². The molecule has 0 spiro atoms. The van der Waals surface area contributed by atoms with Gasteiger partial charge in [0.2, 0.25) is 0 Å². The first-order chi connectivity index (χ1) is 14.2. The van der Waals surface area contributed by atoms with E-state index in [1.165, 1.54) is 0 Å². The molecule has 1 N–H and O–H groups in total. The second kappa shape index (κ2) is 8.54. The van der Waals surface area contributed by atoms with Crippen LogP contribution in [0.25, 0.3) is 28.5 Å². The van der Waals surface area contributed by atoms with Gasteiger partial charge in [-0.2, -0.15) is 10.2 Å². The van der Waals surface area contributed by atoms with E-state index in [-0.39, 0.29) is 0 Å². The Bertz CT molecular complexity index is 1150. The van der Waals surface area contributed by atoms with Gasteiger partial charge in [0.1, 0.15) is 28.0 Å². The van der Waals surface area contributed by atoms with Crippen molar-refractivity contribution in [2.75, 3.05) is 13.2 Å². The third kappa shape index (κ3) is 4.06. The van der Waals surface area contributed by atoms with Crippen LogP contribution < -0.4 is 4.74 Å². The van der Waals surface area contributed by atoms with Crippen LogP contribution >= 0.6 is 15.9 Å². The summed E-state index contributed by atoms with van der Waals surface area (Å²) in [6.07, 6.45) is 5.19. The largest absolute Gasteiger partial charge is 0.491 e. The van der Waals surface area contributed by atoms with Gasteiger partial charge in [0.15, 0.2) is 5.82 Å². The molecule has 0 unspecified atom stereocenters. The van der Waals surface area contributed by atoms with Gasteiger partial charge in [0.25, 0.3) is 0 Å². The number of rotatable bonds is 8. The Morgan fingerprint density at radius 2 is 2.10 bits per heavy atom. The Morgan fingerprint density at radius 3 is 2.97 bits per heavy atom. The molecule has 0 amide bonds. The van der Waals surface area contributed by atoms with Crippen LogP contribution in [0, 0.1) is 0 Å². The number of aromatic amines is 1. The molecule has 0 aliphatic carbocycles. The lowest BCUT2D eigenvalue weighted by Crippen LogP contribution is -2.09. The Hall–Kier alpha value is -3.04. The molecular formula is C20H19BrN6O2. The van der Waals surface area contributed by atoms with Crippen molar-refractivity contribution in [1.82, 2.24) is 29.9 Å². The lowest BCUT2D eigenvalue weighted by atomic mass is 10.2. The quantitative estimate of drug-likeness (QED) is 0.407. The van der Waals surface area contributed by atoms with E-state index < -0.39 is 0 Å². The zero-order valence-electron chi connectivity index (χ0n) is 15.8. The van der Waals surface area contributed by atoms with E-state index in [1.54, 1.807) is 23.2 Å². The van der Waals surface area contributed by atoms with Crippen molar-refractivity contribution in [2.45, 2.75) is 6.61 Å². The Kier molecular flexibility index (Phi) is 5.68. The summed E-state index contributed by atoms with van der Waals surface area (Å²) in [6.45, 7) is 5.03. The molecule has 0 aliphatic rings. The second-order valence-corrected chi connectivity index (χ2v) is 7.03. The fourth-order valence-corrected chi connectivity index (χ4v) is 3.27. The van der Waals surface area contributed by atoms with Gasteiger partial charge in [-0.1, -0.05) is 30.9 Å². The van der Waals surface area contributed by atoms with Crippen LogP contribution in [0.15, 0.2) is 47.8 Å². The van der Waals surface area contributed by atoms with E-state index in [1.807, 2.05) is 31.3 Å². The van der Waals surface area contributed by atoms with Crippen LogP contribution in [-0.2, 0) is 18.4 Å². The monoisotopic (exact) mass is 454 g/mol. The number of fused-ring (bicyclic) bond motifs is 1. The molecule has 29 heavy (non-hydrogen) atoms. The molecule has 0 saturated heterocycles. The van der Waals surface area contributed by atoms with Crippen molar-refractivity contribution >= 4 is 33.0 Å². The highest BCUT2D eigenvalue weighted by Gasteiger charge is 2.15. The number of aryl methyl sites for hydroxylation is 1. The minimum atomic E-state index is 0.367. The first-order valence-electron chi connectivity index (χ1n) is 8.97. The van der Waals surface area contributed by atoms with E-state index in [2.05, 4.69) is 47.8 Å². The molecular weight excluding hydrogens is 436 g/mol. The number of nitrogens with one attached hydrogen (secondary N) is 1. The van der Waals surface area contributed by atoms with Crippen molar-refractivity contribution in [3.8, 4) is 17.1 Å². The molecule has 3 heterocycles. The minimum Gasteiger partial charge on any atom is -0.491 e. The summed E-state index contributed by atoms with van der Waals surface area (Å²) in [5.74, 6) is 1.36. The summed E-state index contributed by atoms with van der Waals surface area (Å²) in [5, 5.41) is 11.3. The highest BCUT2D eigenvalue weighted by Crippen LogP contribution is 2.25. The fraction of sp³-hybridized carbons (Fsp3) is 0.200. The summed E-state index contributed by atoms with van der Waals surface area (Å²) in [6, 6.07) is 7.75. The van der Waals surface area contributed by atoms with Gasteiger partial charge >= 0.3 is 0 Å². The normalized spacial score (nSPS) is 11.1. The standard InChI is InChI=1S/C20H19BrN6O2/c1-3-13-6-4-5-7-17(13)29-9-8-28-12-16-14(10-23-27(16)2)20-22-11-15-18(24-20)19(21)26-25-15/h3-7,10-11H,1,8-9,12H2,2H3,(H,25,26). The third-order valence-electron chi connectivity index (χ3n) is 4.42. The molecule has 4 rings (SSSR count). The third-order valence-corrected chi connectivity index (χ3v) is 4.97. The molecule has 9 heteroatoms. The van der Waals surface area contributed by atoms with E-state index in [0.29, 0.717) is 31.2 Å². The van der Waals surface area contributed by atoms with Crippen molar-refractivity contribution in [3.05, 3.63) is 59.1 Å². The average molecular weight is 455 g/mol. The van der Waals surface area contributed by atoms with Gasteiger partial charge in [0, 0.05) is 12.6 Å². The lowest BCUT2D eigenvalue weighted by molar-refractivity contribution is 0.0852. The van der Waals surface area contributed by atoms with Crippen LogP contribution in [-0.4, -0.2) is 43.2 Å². The number of benzene rings is 1. The predicted octanol–water partition coefficient (Wildman–Crippen LogP) is 3.75. The van der Waals surface area contributed by atoms with Crippen molar-refractivity contribution in [3.63, 3.8) is 0 Å². The van der Waals surface area contributed by atoms with Gasteiger partial charge in [-0.05, 0) is 22.0 Å². The summed E-state index contributed by atoms with van der Waals surface area (Å²) in [4.78, 5) is 9.00. The van der Waals surface area contributed by atoms with E-state index in [9.17, 15) is 0 Å². The van der Waals surface area contributed by atoms with Crippen molar-refractivity contribution in [2.24, 2.45) is 7.05 Å². The molecule has 0 saturated carbocycles. The lowest BCUT2D eigenvalue weighted by Gasteiger charge is -2.10. The number of ether oxygens (including phenoxy) is 2. The van der Waals surface area contributed by atoms with Crippen LogP contribution in [0.4, 0.5) is 0 Å². The summed E-state index contributed by atoms with van der Waals surface area (Å²) in [5.41, 5.74) is 4.08. The predicted molar refractivity (Wildman–Crippen MR) is 113 cm³/mol. The summed E-state index contributed by atoms with van der Waals surface area (Å²) < 4.78 is 14.1. The number of aromatic nitrogens is 6. The maximum absolute atomic E-state index is 5.82. The zero-order valence-corrected chi connectivity index (χ0v) is 17.4. The highest BCUT2D eigenvalue weighted by molar-refractivity contribution is 9.10. The molecule has 1 aromatic carbocycles. The first kappa shape index (κ1) is 19.3. The second-order valence-electron chi connectivity index (χ2n) is 6.24. The molecule has 4 aromatic rings. The van der Waals surface area contributed by atoms with Crippen LogP contribution in [0.1, 0.15) is 11.3 Å². The fourth-order valence-electron chi connectivity index (χ4n) is 2.89. The van der Waals surface area contributed by atoms with Crippen molar-refractivity contribution in [1.29, 1.82) is 0 Å². The molecule has 0 radical (unpaired) electrons. The van der Waals surface area contributed by atoms with Gasteiger partial charge < -0.3 is 9.47 Å². The number of hydrogen-bond donors (Lipinski definition) is 1. The van der Waals surface area contributed by atoms with Crippen LogP contribution in [0.2, 0.25) is 0 Å². The van der Waals surface area contributed by atoms with Crippen molar-refractivity contribution < 1.29 is 9.47 Å². The molecule has 3 aromatic heterocycles. The van der Waals surface area contributed by atoms with Gasteiger partial charge in [-0.15, -0.1) is 0 Å². The molecule has 0 atom stereocenters. The number of hydrogen-bond acceptors (Lipinski definition) is 6. The van der Waals surface area contributed by atoms with Gasteiger partial charge in [-0.3, -0.25) is 9.78 Å². The molecule has 0 bridgehead atoms. The maximum atomic E-state index is 5.82. The first-order valence-corrected chi connectivity index (χ1v) is 9.76. The van der Waals surface area contributed by atoms with Gasteiger partial charge in [-0.25, -0.2) is 9.97 Å².